The van der Waals surface area contributed by atoms with Gasteiger partial charge in [0.05, 0.1) is 6.42 Å². The second kappa shape index (κ2) is 4.14. The molecule has 0 fully saturated rings. The van der Waals surface area contributed by atoms with Crippen LogP contribution in [-0.2, 0) is 11.2 Å². The standard InChI is InChI=1S/C11H11N3O2/c1-8-13-12-7-14(8)10-4-2-9(3-5-10)6-11(15)16/h2-5,7H,6H2,1H3,(H,15,16). The molecule has 2 rings (SSSR count). The van der Waals surface area contributed by atoms with Gasteiger partial charge in [-0.15, -0.1) is 10.2 Å². The molecule has 0 atom stereocenters. The van der Waals surface area contributed by atoms with E-state index < -0.39 is 5.97 Å². The van der Waals surface area contributed by atoms with Crippen molar-refractivity contribution in [2.45, 2.75) is 13.3 Å². The lowest BCUT2D eigenvalue weighted by molar-refractivity contribution is -0.136. The Morgan fingerprint density at radius 1 is 1.38 bits per heavy atom. The number of benzene rings is 1. The Bertz CT molecular complexity index is 502. The van der Waals surface area contributed by atoms with Gasteiger partial charge in [0, 0.05) is 5.69 Å². The minimum atomic E-state index is -0.826. The molecule has 0 aliphatic carbocycles. The van der Waals surface area contributed by atoms with Crippen molar-refractivity contribution < 1.29 is 9.90 Å². The first-order valence-electron chi connectivity index (χ1n) is 4.84. The number of aliphatic carboxylic acids is 1. The second-order valence-corrected chi connectivity index (χ2v) is 3.49. The Morgan fingerprint density at radius 2 is 2.06 bits per heavy atom. The van der Waals surface area contributed by atoms with Gasteiger partial charge in [0.15, 0.2) is 0 Å². The van der Waals surface area contributed by atoms with Crippen molar-refractivity contribution in [3.8, 4) is 5.69 Å². The smallest absolute Gasteiger partial charge is 0.307 e. The quantitative estimate of drug-likeness (QED) is 0.838. The molecule has 2 aromatic rings. The Labute approximate surface area is 92.4 Å². The largest absolute Gasteiger partial charge is 0.481 e. The monoisotopic (exact) mass is 217 g/mol. The first-order chi connectivity index (χ1) is 7.66. The van der Waals surface area contributed by atoms with Crippen molar-refractivity contribution >= 4 is 5.97 Å². The number of carboxylic acids is 1. The van der Waals surface area contributed by atoms with Crippen LogP contribution in [-0.4, -0.2) is 25.8 Å². The predicted octanol–water partition coefficient (Wildman–Crippen LogP) is 1.20. The van der Waals surface area contributed by atoms with E-state index in [0.717, 1.165) is 17.1 Å². The molecular weight excluding hydrogens is 206 g/mol. The van der Waals surface area contributed by atoms with Crippen molar-refractivity contribution in [1.82, 2.24) is 14.8 Å². The van der Waals surface area contributed by atoms with Crippen LogP contribution in [0.5, 0.6) is 0 Å². The lowest BCUT2D eigenvalue weighted by Crippen LogP contribution is -2.01. The fraction of sp³-hybridized carbons (Fsp3) is 0.182. The van der Waals surface area contributed by atoms with Gasteiger partial charge in [-0.2, -0.15) is 0 Å². The van der Waals surface area contributed by atoms with Gasteiger partial charge in [-0.3, -0.25) is 9.36 Å². The van der Waals surface area contributed by atoms with Gasteiger partial charge in [-0.05, 0) is 24.6 Å². The molecule has 0 aliphatic heterocycles. The molecule has 82 valence electrons. The minimum absolute atomic E-state index is 0.0431. The van der Waals surface area contributed by atoms with Crippen LogP contribution in [0.2, 0.25) is 0 Å². The molecule has 0 unspecified atom stereocenters. The minimum Gasteiger partial charge on any atom is -0.481 e. The molecule has 0 saturated heterocycles. The summed E-state index contributed by atoms with van der Waals surface area (Å²) in [5.41, 5.74) is 1.71. The maximum Gasteiger partial charge on any atom is 0.307 e. The molecule has 1 heterocycles. The van der Waals surface area contributed by atoms with Crippen molar-refractivity contribution in [3.05, 3.63) is 42.0 Å². The molecule has 5 nitrogen and oxygen atoms in total. The van der Waals surface area contributed by atoms with Crippen molar-refractivity contribution in [1.29, 1.82) is 0 Å². The van der Waals surface area contributed by atoms with Gasteiger partial charge in [-0.1, -0.05) is 12.1 Å². The summed E-state index contributed by atoms with van der Waals surface area (Å²) in [7, 11) is 0. The van der Waals surface area contributed by atoms with Crippen molar-refractivity contribution in [3.63, 3.8) is 0 Å². The molecule has 0 radical (unpaired) electrons. The van der Waals surface area contributed by atoms with Crippen molar-refractivity contribution in [2.24, 2.45) is 0 Å². The number of hydrogen-bond acceptors (Lipinski definition) is 3. The van der Waals surface area contributed by atoms with Gasteiger partial charge in [0.2, 0.25) is 0 Å². The zero-order valence-corrected chi connectivity index (χ0v) is 8.79. The Hall–Kier alpha value is -2.17. The van der Waals surface area contributed by atoms with E-state index in [0.29, 0.717) is 0 Å². The fourth-order valence-corrected chi connectivity index (χ4v) is 1.50. The fourth-order valence-electron chi connectivity index (χ4n) is 1.50. The molecule has 1 aromatic heterocycles. The number of nitrogens with zero attached hydrogens (tertiary/aromatic N) is 3. The second-order valence-electron chi connectivity index (χ2n) is 3.49. The molecule has 16 heavy (non-hydrogen) atoms. The summed E-state index contributed by atoms with van der Waals surface area (Å²) in [6.07, 6.45) is 1.67. The molecule has 0 bridgehead atoms. The summed E-state index contributed by atoms with van der Waals surface area (Å²) in [6, 6.07) is 7.30. The first kappa shape index (κ1) is 10.4. The van der Waals surface area contributed by atoms with Crippen LogP contribution in [0.1, 0.15) is 11.4 Å². The van der Waals surface area contributed by atoms with Crippen LogP contribution >= 0.6 is 0 Å². The summed E-state index contributed by atoms with van der Waals surface area (Å²) < 4.78 is 1.84. The molecule has 0 spiro atoms. The normalized spacial score (nSPS) is 10.3. The van der Waals surface area contributed by atoms with Crippen molar-refractivity contribution in [2.75, 3.05) is 0 Å². The van der Waals surface area contributed by atoms with E-state index in [2.05, 4.69) is 10.2 Å². The maximum absolute atomic E-state index is 10.5. The predicted molar refractivity (Wildman–Crippen MR) is 57.4 cm³/mol. The molecule has 0 saturated carbocycles. The number of carboxylic acid groups (broad SMARTS) is 1. The SMILES string of the molecule is Cc1nncn1-c1ccc(CC(=O)O)cc1. The number of rotatable bonds is 3. The summed E-state index contributed by atoms with van der Waals surface area (Å²) in [4.78, 5) is 10.5. The molecule has 5 heteroatoms. The topological polar surface area (TPSA) is 68.0 Å². The Kier molecular flexibility index (Phi) is 2.68. The highest BCUT2D eigenvalue weighted by atomic mass is 16.4. The van der Waals surface area contributed by atoms with E-state index in [1.54, 1.807) is 18.5 Å². The maximum atomic E-state index is 10.5. The van der Waals surface area contributed by atoms with Crippen LogP contribution < -0.4 is 0 Å². The number of hydrogen-bond donors (Lipinski definition) is 1. The number of carbonyl (C=O) groups is 1. The third kappa shape index (κ3) is 2.08. The zero-order valence-electron chi connectivity index (χ0n) is 8.79. The third-order valence-corrected chi connectivity index (χ3v) is 2.29. The summed E-state index contributed by atoms with van der Waals surface area (Å²) in [5.74, 6) is -0.0285. The average Bonchev–Trinajstić information content (AvgIpc) is 2.65. The Morgan fingerprint density at radius 3 is 2.56 bits per heavy atom. The molecule has 0 amide bonds. The highest BCUT2D eigenvalue weighted by Gasteiger charge is 2.03. The summed E-state index contributed by atoms with van der Waals surface area (Å²) in [6.45, 7) is 1.86. The molecule has 1 aromatic carbocycles. The number of aryl methyl sites for hydroxylation is 1. The van der Waals surface area contributed by atoms with Gasteiger partial charge >= 0.3 is 5.97 Å². The third-order valence-electron chi connectivity index (χ3n) is 2.29. The first-order valence-corrected chi connectivity index (χ1v) is 4.84. The van der Waals surface area contributed by atoms with Gasteiger partial charge < -0.3 is 5.11 Å². The van der Waals surface area contributed by atoms with Gasteiger partial charge in [0.25, 0.3) is 0 Å². The average molecular weight is 217 g/mol. The van der Waals surface area contributed by atoms with E-state index in [1.807, 2.05) is 23.6 Å². The Balaban J connectivity index is 2.26. The van der Waals surface area contributed by atoms with E-state index in [4.69, 9.17) is 5.11 Å². The number of aromatic nitrogens is 3. The van der Waals surface area contributed by atoms with Crippen LogP contribution in [0.25, 0.3) is 5.69 Å². The van der Waals surface area contributed by atoms with Crippen LogP contribution in [0.3, 0.4) is 0 Å². The van der Waals surface area contributed by atoms with Gasteiger partial charge in [0.1, 0.15) is 12.2 Å². The van der Waals surface area contributed by atoms with E-state index in [9.17, 15) is 4.79 Å². The van der Waals surface area contributed by atoms with Gasteiger partial charge in [-0.25, -0.2) is 0 Å². The van der Waals surface area contributed by atoms with Crippen LogP contribution in [0.15, 0.2) is 30.6 Å². The van der Waals surface area contributed by atoms with Crippen LogP contribution in [0, 0.1) is 6.92 Å². The summed E-state index contributed by atoms with van der Waals surface area (Å²) >= 11 is 0. The van der Waals surface area contributed by atoms with E-state index >= 15 is 0 Å². The van der Waals surface area contributed by atoms with E-state index in [-0.39, 0.29) is 6.42 Å². The lowest BCUT2D eigenvalue weighted by Gasteiger charge is -2.04. The molecular formula is C11H11N3O2. The highest BCUT2D eigenvalue weighted by molar-refractivity contribution is 5.70. The lowest BCUT2D eigenvalue weighted by atomic mass is 10.1. The van der Waals surface area contributed by atoms with Crippen LogP contribution in [0.4, 0.5) is 0 Å². The molecule has 0 aliphatic rings. The summed E-state index contributed by atoms with van der Waals surface area (Å²) in [5, 5.41) is 16.3. The molecule has 1 N–H and O–H groups in total. The zero-order chi connectivity index (χ0) is 11.5. The highest BCUT2D eigenvalue weighted by Crippen LogP contribution is 2.11. The van der Waals surface area contributed by atoms with E-state index in [1.165, 1.54) is 0 Å².